The Morgan fingerprint density at radius 3 is 2.88 bits per heavy atom. The van der Waals surface area contributed by atoms with Crippen LogP contribution in [0.15, 0.2) is 16.7 Å². The molecule has 0 bridgehead atoms. The zero-order chi connectivity index (χ0) is 12.6. The lowest BCUT2D eigenvalue weighted by molar-refractivity contribution is -0.0751. The van der Waals surface area contributed by atoms with Crippen molar-refractivity contribution >= 4 is 33.3 Å². The van der Waals surface area contributed by atoms with Gasteiger partial charge >= 0.3 is 0 Å². The minimum atomic E-state index is -0.171. The number of anilines is 1. The summed E-state index contributed by atoms with van der Waals surface area (Å²) in [6, 6.07) is 1.87. The first-order valence-electron chi connectivity index (χ1n) is 5.61. The summed E-state index contributed by atoms with van der Waals surface area (Å²) in [5.74, 6) is 0.832. The van der Waals surface area contributed by atoms with Gasteiger partial charge < -0.3 is 9.64 Å². The maximum absolute atomic E-state index is 6.23. The van der Waals surface area contributed by atoms with Crippen LogP contribution in [0.3, 0.4) is 0 Å². The summed E-state index contributed by atoms with van der Waals surface area (Å²) in [6.45, 7) is 7.86. The zero-order valence-corrected chi connectivity index (χ0v) is 12.5. The number of rotatable bonds is 1. The number of hydrogen-bond acceptors (Lipinski definition) is 3. The topological polar surface area (TPSA) is 25.4 Å². The fourth-order valence-electron chi connectivity index (χ4n) is 2.26. The maximum Gasteiger partial charge on any atom is 0.147 e. The van der Waals surface area contributed by atoms with Crippen LogP contribution in [0.2, 0.25) is 5.02 Å². The van der Waals surface area contributed by atoms with E-state index in [0.29, 0.717) is 5.02 Å². The predicted molar refractivity (Wildman–Crippen MR) is 73.8 cm³/mol. The van der Waals surface area contributed by atoms with E-state index in [1.54, 1.807) is 6.20 Å². The molecular formula is C12H16BrClN2O. The van der Waals surface area contributed by atoms with E-state index < -0.39 is 0 Å². The molecule has 1 fully saturated rings. The second-order valence-electron chi connectivity index (χ2n) is 5.03. The number of ether oxygens (including phenoxy) is 1. The monoisotopic (exact) mass is 318 g/mol. The molecule has 0 saturated carbocycles. The van der Waals surface area contributed by atoms with Crippen LogP contribution in [0.5, 0.6) is 0 Å². The third-order valence-electron chi connectivity index (χ3n) is 2.66. The Morgan fingerprint density at radius 1 is 1.59 bits per heavy atom. The summed E-state index contributed by atoms with van der Waals surface area (Å²) >= 11 is 9.59. The maximum atomic E-state index is 6.23. The van der Waals surface area contributed by atoms with Gasteiger partial charge in [-0.25, -0.2) is 4.98 Å². The molecule has 1 saturated heterocycles. The Hall–Kier alpha value is -0.320. The van der Waals surface area contributed by atoms with E-state index in [-0.39, 0.29) is 11.7 Å². The van der Waals surface area contributed by atoms with Crippen molar-refractivity contribution in [2.24, 2.45) is 0 Å². The number of morpholine rings is 1. The SMILES string of the molecule is CC1CN(c2ncc(Br)cc2Cl)CC(C)(C)O1. The van der Waals surface area contributed by atoms with Crippen LogP contribution in [0.4, 0.5) is 5.82 Å². The molecule has 3 nitrogen and oxygen atoms in total. The Bertz CT molecular complexity index is 425. The molecule has 0 radical (unpaired) electrons. The quantitative estimate of drug-likeness (QED) is 0.792. The van der Waals surface area contributed by atoms with Crippen molar-refractivity contribution in [2.75, 3.05) is 18.0 Å². The molecule has 0 aromatic carbocycles. The van der Waals surface area contributed by atoms with Crippen molar-refractivity contribution in [3.8, 4) is 0 Å². The normalized spacial score (nSPS) is 23.8. The van der Waals surface area contributed by atoms with Crippen molar-refractivity contribution in [2.45, 2.75) is 32.5 Å². The smallest absolute Gasteiger partial charge is 0.147 e. The Kier molecular flexibility index (Phi) is 3.66. The van der Waals surface area contributed by atoms with E-state index in [4.69, 9.17) is 16.3 Å². The van der Waals surface area contributed by atoms with Crippen LogP contribution in [-0.2, 0) is 4.74 Å². The van der Waals surface area contributed by atoms with Gasteiger partial charge in [-0.2, -0.15) is 0 Å². The van der Waals surface area contributed by atoms with Gasteiger partial charge in [0.2, 0.25) is 0 Å². The van der Waals surface area contributed by atoms with E-state index >= 15 is 0 Å². The predicted octanol–water partition coefficient (Wildman–Crippen LogP) is 3.50. The number of halogens is 2. The van der Waals surface area contributed by atoms with Crippen LogP contribution >= 0.6 is 27.5 Å². The highest BCUT2D eigenvalue weighted by Crippen LogP contribution is 2.30. The molecule has 1 unspecified atom stereocenters. The second-order valence-corrected chi connectivity index (χ2v) is 6.35. The van der Waals surface area contributed by atoms with Crippen LogP contribution in [-0.4, -0.2) is 29.8 Å². The Labute approximate surface area is 115 Å². The van der Waals surface area contributed by atoms with Crippen LogP contribution in [0.1, 0.15) is 20.8 Å². The molecule has 0 spiro atoms. The second kappa shape index (κ2) is 4.75. The molecule has 2 rings (SSSR count). The number of aromatic nitrogens is 1. The lowest BCUT2D eigenvalue weighted by Gasteiger charge is -2.42. The molecule has 0 aliphatic carbocycles. The molecule has 1 aliphatic heterocycles. The number of pyridine rings is 1. The summed E-state index contributed by atoms with van der Waals surface area (Å²) in [6.07, 6.45) is 1.95. The van der Waals surface area contributed by atoms with Gasteiger partial charge in [-0.05, 0) is 42.8 Å². The largest absolute Gasteiger partial charge is 0.369 e. The summed E-state index contributed by atoms with van der Waals surface area (Å²) < 4.78 is 6.76. The molecule has 0 N–H and O–H groups in total. The highest BCUT2D eigenvalue weighted by molar-refractivity contribution is 9.10. The average Bonchev–Trinajstić information content (AvgIpc) is 2.13. The third-order valence-corrected chi connectivity index (χ3v) is 3.37. The molecule has 17 heavy (non-hydrogen) atoms. The first kappa shape index (κ1) is 13.1. The third kappa shape index (κ3) is 3.12. The number of nitrogens with zero attached hydrogens (tertiary/aromatic N) is 2. The average molecular weight is 320 g/mol. The molecule has 0 amide bonds. The van der Waals surface area contributed by atoms with E-state index in [9.17, 15) is 0 Å². The van der Waals surface area contributed by atoms with Gasteiger partial charge in [-0.1, -0.05) is 11.6 Å². The van der Waals surface area contributed by atoms with Crippen molar-refractivity contribution in [1.82, 2.24) is 4.98 Å². The Morgan fingerprint density at radius 2 is 2.29 bits per heavy atom. The summed E-state index contributed by atoms with van der Waals surface area (Å²) in [4.78, 5) is 6.58. The van der Waals surface area contributed by atoms with Crippen LogP contribution in [0.25, 0.3) is 0 Å². The van der Waals surface area contributed by atoms with E-state index in [1.807, 2.05) is 6.07 Å². The molecule has 94 valence electrons. The fraction of sp³-hybridized carbons (Fsp3) is 0.583. The van der Waals surface area contributed by atoms with Crippen molar-refractivity contribution in [3.05, 3.63) is 21.8 Å². The van der Waals surface area contributed by atoms with Crippen LogP contribution in [0, 0.1) is 0 Å². The molecule has 5 heteroatoms. The van der Waals surface area contributed by atoms with Gasteiger partial charge in [0, 0.05) is 23.8 Å². The summed E-state index contributed by atoms with van der Waals surface area (Å²) in [5.41, 5.74) is -0.171. The van der Waals surface area contributed by atoms with Crippen LogP contribution < -0.4 is 4.90 Å². The first-order chi connectivity index (χ1) is 7.87. The lowest BCUT2D eigenvalue weighted by atomic mass is 10.1. The fourth-order valence-corrected chi connectivity index (χ4v) is 3.00. The lowest BCUT2D eigenvalue weighted by Crippen LogP contribution is -2.52. The number of hydrogen-bond donors (Lipinski definition) is 0. The minimum Gasteiger partial charge on any atom is -0.369 e. The molecule has 2 heterocycles. The Balaban J connectivity index is 2.27. The van der Waals surface area contributed by atoms with Crippen molar-refractivity contribution in [1.29, 1.82) is 0 Å². The zero-order valence-electron chi connectivity index (χ0n) is 10.2. The van der Waals surface area contributed by atoms with Gasteiger partial charge in [0.05, 0.1) is 16.7 Å². The van der Waals surface area contributed by atoms with Gasteiger partial charge in [0.1, 0.15) is 5.82 Å². The standard InChI is InChI=1S/C12H16BrClN2O/c1-8-6-16(7-12(2,3)17-8)11-10(14)4-9(13)5-15-11/h4-5,8H,6-7H2,1-3H3. The highest BCUT2D eigenvalue weighted by Gasteiger charge is 2.32. The molecular weight excluding hydrogens is 304 g/mol. The molecule has 1 aromatic rings. The van der Waals surface area contributed by atoms with Gasteiger partial charge in [-0.15, -0.1) is 0 Å². The molecule has 1 aliphatic rings. The van der Waals surface area contributed by atoms with E-state index in [2.05, 4.69) is 46.6 Å². The van der Waals surface area contributed by atoms with Gasteiger partial charge in [0.15, 0.2) is 0 Å². The van der Waals surface area contributed by atoms with Gasteiger partial charge in [0.25, 0.3) is 0 Å². The highest BCUT2D eigenvalue weighted by atomic mass is 79.9. The first-order valence-corrected chi connectivity index (χ1v) is 6.78. The van der Waals surface area contributed by atoms with E-state index in [0.717, 1.165) is 23.4 Å². The van der Waals surface area contributed by atoms with Gasteiger partial charge in [-0.3, -0.25) is 0 Å². The summed E-state index contributed by atoms with van der Waals surface area (Å²) in [7, 11) is 0. The van der Waals surface area contributed by atoms with E-state index in [1.165, 1.54) is 0 Å². The van der Waals surface area contributed by atoms with Crippen molar-refractivity contribution in [3.63, 3.8) is 0 Å². The molecule has 1 atom stereocenters. The molecule has 1 aromatic heterocycles. The summed E-state index contributed by atoms with van der Waals surface area (Å²) in [5, 5.41) is 0.671. The van der Waals surface area contributed by atoms with Crippen molar-refractivity contribution < 1.29 is 4.74 Å². The minimum absolute atomic E-state index is 0.171.